The predicted molar refractivity (Wildman–Crippen MR) is 74.7 cm³/mol. The molecule has 5 heteroatoms. The second-order valence-corrected chi connectivity index (χ2v) is 4.33. The van der Waals surface area contributed by atoms with E-state index >= 15 is 0 Å². The lowest BCUT2D eigenvalue weighted by Crippen LogP contribution is -2.31. The predicted octanol–water partition coefficient (Wildman–Crippen LogP) is 3.53. The third-order valence-electron chi connectivity index (χ3n) is 2.93. The quantitative estimate of drug-likeness (QED) is 0.863. The number of anilines is 1. The number of amides is 1. The maximum atomic E-state index is 13.3. The van der Waals surface area contributed by atoms with Gasteiger partial charge in [-0.15, -0.1) is 0 Å². The molecule has 0 spiro atoms. The van der Waals surface area contributed by atoms with Crippen LogP contribution in [0.15, 0.2) is 48.5 Å². The van der Waals surface area contributed by atoms with Crippen LogP contribution in [0.2, 0.25) is 0 Å². The fourth-order valence-electron chi connectivity index (χ4n) is 1.90. The molecule has 0 bridgehead atoms. The minimum Gasteiger partial charge on any atom is -0.307 e. The first-order chi connectivity index (χ1) is 10.1. The lowest BCUT2D eigenvalue weighted by Gasteiger charge is -2.21. The first-order valence-electron chi connectivity index (χ1n) is 6.32. The lowest BCUT2D eigenvalue weighted by molar-refractivity contribution is 0.0987. The van der Waals surface area contributed by atoms with Gasteiger partial charge in [-0.05, 0) is 30.3 Å². The summed E-state index contributed by atoms with van der Waals surface area (Å²) < 4.78 is 26.2. The Balaban J connectivity index is 2.34. The molecule has 21 heavy (non-hydrogen) atoms. The van der Waals surface area contributed by atoms with Gasteiger partial charge in [0.15, 0.2) is 11.6 Å². The SMILES string of the molecule is N#CCCN(C(=O)c1ccc(F)c(F)c1)c1ccccc1. The molecule has 106 valence electrons. The highest BCUT2D eigenvalue weighted by atomic mass is 19.2. The Kier molecular flexibility index (Phi) is 4.62. The Labute approximate surface area is 121 Å². The smallest absolute Gasteiger partial charge is 0.258 e. The average molecular weight is 286 g/mol. The molecule has 2 aromatic carbocycles. The molecule has 0 aliphatic heterocycles. The summed E-state index contributed by atoms with van der Waals surface area (Å²) in [5, 5.41) is 8.70. The molecule has 0 aliphatic rings. The van der Waals surface area contributed by atoms with Gasteiger partial charge >= 0.3 is 0 Å². The average Bonchev–Trinajstić information content (AvgIpc) is 2.51. The monoisotopic (exact) mass is 286 g/mol. The normalized spacial score (nSPS) is 9.95. The summed E-state index contributed by atoms with van der Waals surface area (Å²) in [6.45, 7) is 0.179. The summed E-state index contributed by atoms with van der Waals surface area (Å²) in [7, 11) is 0. The van der Waals surface area contributed by atoms with E-state index in [1.807, 2.05) is 6.07 Å². The molecule has 0 saturated heterocycles. The molecule has 0 atom stereocenters. The molecule has 0 aromatic heterocycles. The van der Waals surface area contributed by atoms with E-state index in [0.29, 0.717) is 5.69 Å². The first kappa shape index (κ1) is 14.7. The molecule has 2 rings (SSSR count). The van der Waals surface area contributed by atoms with Crippen molar-refractivity contribution < 1.29 is 13.6 Å². The molecule has 0 fully saturated rings. The summed E-state index contributed by atoms with van der Waals surface area (Å²) in [6.07, 6.45) is 0.143. The zero-order valence-corrected chi connectivity index (χ0v) is 11.1. The Morgan fingerprint density at radius 3 is 2.43 bits per heavy atom. The van der Waals surface area contributed by atoms with Crippen LogP contribution in [0.5, 0.6) is 0 Å². The fraction of sp³-hybridized carbons (Fsp3) is 0.125. The lowest BCUT2D eigenvalue weighted by atomic mass is 10.1. The van der Waals surface area contributed by atoms with E-state index in [-0.39, 0.29) is 18.5 Å². The van der Waals surface area contributed by atoms with E-state index in [0.717, 1.165) is 12.1 Å². The number of hydrogen-bond acceptors (Lipinski definition) is 2. The highest BCUT2D eigenvalue weighted by molar-refractivity contribution is 6.06. The molecular weight excluding hydrogens is 274 g/mol. The highest BCUT2D eigenvalue weighted by Crippen LogP contribution is 2.18. The van der Waals surface area contributed by atoms with E-state index < -0.39 is 17.5 Å². The number of halogens is 2. The van der Waals surface area contributed by atoms with E-state index in [1.54, 1.807) is 30.3 Å². The van der Waals surface area contributed by atoms with Crippen molar-refractivity contribution in [1.82, 2.24) is 0 Å². The molecule has 0 N–H and O–H groups in total. The Hall–Kier alpha value is -2.74. The Morgan fingerprint density at radius 2 is 1.81 bits per heavy atom. The Bertz CT molecular complexity index is 680. The standard InChI is InChI=1S/C16H12F2N2O/c17-14-8-7-12(11-15(14)18)16(21)20(10-4-9-19)13-5-2-1-3-6-13/h1-3,5-8,11H,4,10H2. The van der Waals surface area contributed by atoms with Gasteiger partial charge in [-0.25, -0.2) is 8.78 Å². The molecule has 0 unspecified atom stereocenters. The minimum absolute atomic E-state index is 0.0377. The van der Waals surface area contributed by atoms with Crippen molar-refractivity contribution in [2.75, 3.05) is 11.4 Å². The number of benzene rings is 2. The van der Waals surface area contributed by atoms with Gasteiger partial charge in [0.2, 0.25) is 0 Å². The van der Waals surface area contributed by atoms with Crippen LogP contribution in [0.3, 0.4) is 0 Å². The maximum Gasteiger partial charge on any atom is 0.258 e. The third-order valence-corrected chi connectivity index (χ3v) is 2.93. The van der Waals surface area contributed by atoms with Crippen LogP contribution in [0.1, 0.15) is 16.8 Å². The van der Waals surface area contributed by atoms with Crippen molar-refractivity contribution in [3.05, 3.63) is 65.7 Å². The first-order valence-corrected chi connectivity index (χ1v) is 6.32. The van der Waals surface area contributed by atoms with Crippen molar-refractivity contribution >= 4 is 11.6 Å². The molecular formula is C16H12F2N2O. The van der Waals surface area contributed by atoms with Gasteiger partial charge in [0.25, 0.3) is 5.91 Å². The maximum absolute atomic E-state index is 13.3. The van der Waals surface area contributed by atoms with E-state index in [1.165, 1.54) is 11.0 Å². The van der Waals surface area contributed by atoms with Crippen LogP contribution in [-0.2, 0) is 0 Å². The number of hydrogen-bond donors (Lipinski definition) is 0. The van der Waals surface area contributed by atoms with Gasteiger partial charge in [-0.3, -0.25) is 4.79 Å². The second-order valence-electron chi connectivity index (χ2n) is 4.33. The molecule has 3 nitrogen and oxygen atoms in total. The number of carbonyl (C=O) groups excluding carboxylic acids is 1. The van der Waals surface area contributed by atoms with Gasteiger partial charge < -0.3 is 4.90 Å². The summed E-state index contributed by atoms with van der Waals surface area (Å²) in [6, 6.07) is 13.7. The minimum atomic E-state index is -1.07. The van der Waals surface area contributed by atoms with E-state index in [4.69, 9.17) is 5.26 Å². The Morgan fingerprint density at radius 1 is 1.10 bits per heavy atom. The number of para-hydroxylation sites is 1. The number of nitriles is 1. The van der Waals surface area contributed by atoms with Crippen LogP contribution in [0, 0.1) is 23.0 Å². The van der Waals surface area contributed by atoms with Crippen LogP contribution >= 0.6 is 0 Å². The summed E-state index contributed by atoms with van der Waals surface area (Å²) in [5.41, 5.74) is 0.637. The van der Waals surface area contributed by atoms with E-state index in [9.17, 15) is 13.6 Å². The summed E-state index contributed by atoms with van der Waals surface area (Å²) >= 11 is 0. The topological polar surface area (TPSA) is 44.1 Å². The van der Waals surface area contributed by atoms with Crippen molar-refractivity contribution in [1.29, 1.82) is 5.26 Å². The van der Waals surface area contributed by atoms with Crippen molar-refractivity contribution in [3.63, 3.8) is 0 Å². The largest absolute Gasteiger partial charge is 0.307 e. The van der Waals surface area contributed by atoms with Crippen molar-refractivity contribution in [2.45, 2.75) is 6.42 Å². The van der Waals surface area contributed by atoms with Crippen LogP contribution in [0.25, 0.3) is 0 Å². The number of nitrogens with zero attached hydrogens (tertiary/aromatic N) is 2. The summed E-state index contributed by atoms with van der Waals surface area (Å²) in [4.78, 5) is 13.8. The molecule has 0 radical (unpaired) electrons. The van der Waals surface area contributed by atoms with Crippen molar-refractivity contribution in [3.8, 4) is 6.07 Å². The zero-order chi connectivity index (χ0) is 15.2. The number of carbonyl (C=O) groups is 1. The zero-order valence-electron chi connectivity index (χ0n) is 11.1. The second kappa shape index (κ2) is 6.62. The number of rotatable bonds is 4. The highest BCUT2D eigenvalue weighted by Gasteiger charge is 2.18. The van der Waals surface area contributed by atoms with Crippen molar-refractivity contribution in [2.24, 2.45) is 0 Å². The fourth-order valence-corrected chi connectivity index (χ4v) is 1.90. The molecule has 2 aromatic rings. The van der Waals surface area contributed by atoms with Gasteiger partial charge in [-0.2, -0.15) is 5.26 Å². The van der Waals surface area contributed by atoms with Gasteiger partial charge in [0.05, 0.1) is 12.5 Å². The summed E-state index contributed by atoms with van der Waals surface area (Å²) in [5.74, 6) is -2.56. The molecule has 0 heterocycles. The molecule has 0 aliphatic carbocycles. The third kappa shape index (κ3) is 3.42. The van der Waals surface area contributed by atoms with E-state index in [2.05, 4.69) is 0 Å². The van der Waals surface area contributed by atoms with Gasteiger partial charge in [-0.1, -0.05) is 18.2 Å². The van der Waals surface area contributed by atoms with Crippen LogP contribution < -0.4 is 4.90 Å². The van der Waals surface area contributed by atoms with Gasteiger partial charge in [0, 0.05) is 17.8 Å². The molecule has 0 saturated carbocycles. The van der Waals surface area contributed by atoms with Crippen LogP contribution in [0.4, 0.5) is 14.5 Å². The van der Waals surface area contributed by atoms with Gasteiger partial charge in [0.1, 0.15) is 0 Å². The molecule has 1 amide bonds. The van der Waals surface area contributed by atoms with Crippen LogP contribution in [-0.4, -0.2) is 12.5 Å².